The summed E-state index contributed by atoms with van der Waals surface area (Å²) in [6.45, 7) is 1.80. The number of hydrazone groups is 1. The summed E-state index contributed by atoms with van der Waals surface area (Å²) in [5.74, 6) is 0.290. The molecule has 1 fully saturated rings. The number of piperidine rings is 1. The molecule has 0 saturated carbocycles. The lowest BCUT2D eigenvalue weighted by Gasteiger charge is -2.29. The molecule has 2 aromatic carbocycles. The van der Waals surface area contributed by atoms with Crippen LogP contribution in [-0.2, 0) is 4.79 Å². The first kappa shape index (κ1) is 21.1. The lowest BCUT2D eigenvalue weighted by molar-refractivity contribution is -0.384. The molecule has 9 heteroatoms. The van der Waals surface area contributed by atoms with E-state index in [0.29, 0.717) is 17.0 Å². The molecular weight excluding hydrogens is 386 g/mol. The van der Waals surface area contributed by atoms with Crippen molar-refractivity contribution < 1.29 is 14.5 Å². The highest BCUT2D eigenvalue weighted by Gasteiger charge is 2.17. The number of nitrogens with one attached hydrogen (secondary N) is 2. The summed E-state index contributed by atoms with van der Waals surface area (Å²) in [5, 5.41) is 18.2. The number of rotatable bonds is 8. The quantitative estimate of drug-likeness (QED) is 0.392. The van der Waals surface area contributed by atoms with Crippen LogP contribution in [0.3, 0.4) is 0 Å². The van der Waals surface area contributed by atoms with Crippen molar-refractivity contribution in [2.24, 2.45) is 5.10 Å². The number of nitro benzene ring substituents is 1. The van der Waals surface area contributed by atoms with Gasteiger partial charge in [-0.1, -0.05) is 12.1 Å². The monoisotopic (exact) mass is 411 g/mol. The summed E-state index contributed by atoms with van der Waals surface area (Å²) in [5.41, 5.74) is 4.62. The minimum atomic E-state index is -0.437. The smallest absolute Gasteiger partial charge is 0.270 e. The minimum Gasteiger partial charge on any atom is -0.495 e. The molecule has 1 aliphatic rings. The van der Waals surface area contributed by atoms with Gasteiger partial charge < -0.3 is 15.0 Å². The number of hydrogen-bond acceptors (Lipinski definition) is 7. The second kappa shape index (κ2) is 10.2. The van der Waals surface area contributed by atoms with Gasteiger partial charge in [0.2, 0.25) is 0 Å². The van der Waals surface area contributed by atoms with Crippen LogP contribution in [0.15, 0.2) is 47.6 Å². The van der Waals surface area contributed by atoms with Gasteiger partial charge in [0.25, 0.3) is 11.6 Å². The van der Waals surface area contributed by atoms with Crippen LogP contribution in [0.2, 0.25) is 0 Å². The van der Waals surface area contributed by atoms with Crippen LogP contribution in [0.4, 0.5) is 17.1 Å². The van der Waals surface area contributed by atoms with E-state index < -0.39 is 4.92 Å². The van der Waals surface area contributed by atoms with Crippen LogP contribution >= 0.6 is 0 Å². The Morgan fingerprint density at radius 3 is 2.73 bits per heavy atom. The average Bonchev–Trinajstić information content (AvgIpc) is 2.78. The first-order chi connectivity index (χ1) is 14.6. The van der Waals surface area contributed by atoms with Gasteiger partial charge in [-0.05, 0) is 37.5 Å². The Balaban J connectivity index is 1.65. The fourth-order valence-electron chi connectivity index (χ4n) is 3.36. The number of nitro groups is 1. The normalized spacial score (nSPS) is 13.8. The summed E-state index contributed by atoms with van der Waals surface area (Å²) in [4.78, 5) is 25.0. The van der Waals surface area contributed by atoms with Crippen molar-refractivity contribution in [3.63, 3.8) is 0 Å². The molecule has 0 aliphatic carbocycles. The van der Waals surface area contributed by atoms with Crippen molar-refractivity contribution in [1.82, 2.24) is 5.43 Å². The number of benzene rings is 2. The number of ether oxygens (including phenoxy) is 1. The van der Waals surface area contributed by atoms with Crippen LogP contribution < -0.4 is 20.4 Å². The number of carbonyl (C=O) groups excluding carboxylic acids is 1. The van der Waals surface area contributed by atoms with Gasteiger partial charge in [-0.2, -0.15) is 5.10 Å². The van der Waals surface area contributed by atoms with E-state index >= 15 is 0 Å². The summed E-state index contributed by atoms with van der Waals surface area (Å²) in [6, 6.07) is 12.0. The maximum absolute atomic E-state index is 12.1. The summed E-state index contributed by atoms with van der Waals surface area (Å²) in [6.07, 6.45) is 4.80. The summed E-state index contributed by atoms with van der Waals surface area (Å²) >= 11 is 0. The van der Waals surface area contributed by atoms with Gasteiger partial charge in [-0.15, -0.1) is 0 Å². The fourth-order valence-corrected chi connectivity index (χ4v) is 3.36. The molecule has 1 amide bonds. The van der Waals surface area contributed by atoms with Crippen molar-refractivity contribution >= 4 is 29.2 Å². The van der Waals surface area contributed by atoms with Crippen molar-refractivity contribution in [3.8, 4) is 5.75 Å². The molecular formula is C21H25N5O4. The van der Waals surface area contributed by atoms with Crippen LogP contribution in [0.25, 0.3) is 0 Å². The maximum atomic E-state index is 12.1. The van der Waals surface area contributed by atoms with Crippen LogP contribution in [0.5, 0.6) is 5.75 Å². The van der Waals surface area contributed by atoms with Gasteiger partial charge in [-0.3, -0.25) is 14.9 Å². The standard InChI is InChI=1S/C21H25N5O4/c1-30-20-8-4-3-7-18(20)22-15-21(27)24-23-14-16-13-17(26(28)29)9-10-19(16)25-11-5-2-6-12-25/h3-4,7-10,13-14,22H,2,5-6,11-12,15H2,1H3,(H,24,27)/b23-14-. The lowest BCUT2D eigenvalue weighted by atomic mass is 10.1. The lowest BCUT2D eigenvalue weighted by Crippen LogP contribution is -2.30. The first-order valence-corrected chi connectivity index (χ1v) is 9.80. The number of methoxy groups -OCH3 is 1. The van der Waals surface area contributed by atoms with Crippen molar-refractivity contribution in [2.75, 3.05) is 37.0 Å². The Hall–Kier alpha value is -3.62. The van der Waals surface area contributed by atoms with Gasteiger partial charge in [0.05, 0.1) is 30.5 Å². The van der Waals surface area contributed by atoms with Crippen molar-refractivity contribution in [2.45, 2.75) is 19.3 Å². The van der Waals surface area contributed by atoms with Gasteiger partial charge in [-0.25, -0.2) is 5.43 Å². The predicted molar refractivity (Wildman–Crippen MR) is 116 cm³/mol. The molecule has 0 radical (unpaired) electrons. The molecule has 2 N–H and O–H groups in total. The number of anilines is 2. The van der Waals surface area contributed by atoms with Crippen LogP contribution in [0, 0.1) is 10.1 Å². The van der Waals surface area contributed by atoms with Crippen molar-refractivity contribution in [3.05, 3.63) is 58.1 Å². The Morgan fingerprint density at radius 1 is 1.23 bits per heavy atom. The topological polar surface area (TPSA) is 109 Å². The average molecular weight is 411 g/mol. The molecule has 1 saturated heterocycles. The molecule has 0 spiro atoms. The minimum absolute atomic E-state index is 0.00559. The first-order valence-electron chi connectivity index (χ1n) is 9.80. The van der Waals surface area contributed by atoms with E-state index in [9.17, 15) is 14.9 Å². The number of hydrogen-bond donors (Lipinski definition) is 2. The number of amides is 1. The van der Waals surface area contributed by atoms with Gasteiger partial charge >= 0.3 is 0 Å². The predicted octanol–water partition coefficient (Wildman–Crippen LogP) is 3.16. The molecule has 1 aliphatic heterocycles. The Bertz CT molecular complexity index is 925. The second-order valence-corrected chi connectivity index (χ2v) is 6.89. The Morgan fingerprint density at radius 2 is 2.00 bits per heavy atom. The molecule has 0 atom stereocenters. The maximum Gasteiger partial charge on any atom is 0.270 e. The zero-order chi connectivity index (χ0) is 21.3. The molecule has 0 bridgehead atoms. The van der Waals surface area contributed by atoms with Crippen molar-refractivity contribution in [1.29, 1.82) is 0 Å². The highest BCUT2D eigenvalue weighted by molar-refractivity contribution is 5.90. The van der Waals surface area contributed by atoms with E-state index in [1.54, 1.807) is 19.2 Å². The molecule has 2 aromatic rings. The fraction of sp³-hybridized carbons (Fsp3) is 0.333. The second-order valence-electron chi connectivity index (χ2n) is 6.89. The molecule has 0 aromatic heterocycles. The van der Waals surface area contributed by atoms with E-state index in [4.69, 9.17) is 4.74 Å². The van der Waals surface area contributed by atoms with Gasteiger partial charge in [0.1, 0.15) is 5.75 Å². The number of non-ortho nitro benzene ring substituents is 1. The number of para-hydroxylation sites is 2. The summed E-state index contributed by atoms with van der Waals surface area (Å²) in [7, 11) is 1.56. The zero-order valence-corrected chi connectivity index (χ0v) is 16.8. The highest BCUT2D eigenvalue weighted by atomic mass is 16.6. The van der Waals surface area contributed by atoms with E-state index in [2.05, 4.69) is 20.7 Å². The molecule has 30 heavy (non-hydrogen) atoms. The molecule has 3 rings (SSSR count). The largest absolute Gasteiger partial charge is 0.495 e. The van der Waals surface area contributed by atoms with E-state index in [-0.39, 0.29) is 18.1 Å². The van der Waals surface area contributed by atoms with E-state index in [1.165, 1.54) is 24.8 Å². The molecule has 158 valence electrons. The van der Waals surface area contributed by atoms with Gasteiger partial charge in [0.15, 0.2) is 0 Å². The zero-order valence-electron chi connectivity index (χ0n) is 16.8. The SMILES string of the molecule is COc1ccccc1NCC(=O)N/N=C\c1cc([N+](=O)[O-])ccc1N1CCCCC1. The molecule has 0 unspecified atom stereocenters. The van der Waals surface area contributed by atoms with E-state index in [1.807, 2.05) is 18.2 Å². The summed E-state index contributed by atoms with van der Waals surface area (Å²) < 4.78 is 5.23. The third kappa shape index (κ3) is 5.47. The molecule has 1 heterocycles. The van der Waals surface area contributed by atoms with Crippen LogP contribution in [-0.4, -0.2) is 43.8 Å². The van der Waals surface area contributed by atoms with Gasteiger partial charge in [0, 0.05) is 36.5 Å². The number of nitrogens with zero attached hydrogens (tertiary/aromatic N) is 3. The third-order valence-electron chi connectivity index (χ3n) is 4.86. The third-order valence-corrected chi connectivity index (χ3v) is 4.86. The van der Waals surface area contributed by atoms with Crippen LogP contribution in [0.1, 0.15) is 24.8 Å². The highest BCUT2D eigenvalue weighted by Crippen LogP contribution is 2.27. The van der Waals surface area contributed by atoms with E-state index in [0.717, 1.165) is 31.6 Å². The Kier molecular flexibility index (Phi) is 7.20. The molecule has 9 nitrogen and oxygen atoms in total. The number of carbonyl (C=O) groups is 1. The Labute approximate surface area is 174 Å².